The van der Waals surface area contributed by atoms with Crippen LogP contribution in [-0.4, -0.2) is 30.5 Å². The van der Waals surface area contributed by atoms with Gasteiger partial charge in [0, 0.05) is 19.3 Å². The molecule has 0 aromatic rings. The molecule has 0 aliphatic heterocycles. The quantitative estimate of drug-likeness (QED) is 0.613. The molecule has 2 atom stereocenters. The smallest absolute Gasteiger partial charge is 0.0725 e. The van der Waals surface area contributed by atoms with Crippen LogP contribution in [0.5, 0.6) is 0 Å². The van der Waals surface area contributed by atoms with Crippen LogP contribution in [0.1, 0.15) is 44.9 Å². The molecule has 1 aliphatic rings. The lowest BCUT2D eigenvalue weighted by atomic mass is 10.2. The summed E-state index contributed by atoms with van der Waals surface area (Å²) in [6, 6.07) is 0.271. The van der Waals surface area contributed by atoms with Crippen LogP contribution in [-0.2, 0) is 4.74 Å². The van der Waals surface area contributed by atoms with Gasteiger partial charge in [0.1, 0.15) is 0 Å². The fourth-order valence-corrected chi connectivity index (χ4v) is 1.96. The molecule has 0 spiro atoms. The van der Waals surface area contributed by atoms with Crippen molar-refractivity contribution in [3.05, 3.63) is 0 Å². The second-order valence-electron chi connectivity index (χ2n) is 4.14. The van der Waals surface area contributed by atoms with Crippen LogP contribution in [0.15, 0.2) is 0 Å². The number of aliphatic hydroxyl groups excluding tert-OH is 1. The minimum atomic E-state index is 0.271. The summed E-state index contributed by atoms with van der Waals surface area (Å²) in [5.41, 5.74) is 5.88. The molecule has 0 bridgehead atoms. The standard InChI is InChI=1S/C11H23NO2/c12-10-6-5-7-11(10)14-9-4-2-1-3-8-13/h10-11,13H,1-9,12H2. The molecule has 1 rings (SSSR count). The SMILES string of the molecule is NC1CCCC1OCCCCCCO. The minimum absolute atomic E-state index is 0.271. The van der Waals surface area contributed by atoms with Crippen molar-refractivity contribution in [3.63, 3.8) is 0 Å². The summed E-state index contributed by atoms with van der Waals surface area (Å²) in [5.74, 6) is 0. The predicted octanol–water partition coefficient (Wildman–Crippen LogP) is 1.44. The molecule has 14 heavy (non-hydrogen) atoms. The zero-order chi connectivity index (χ0) is 10.2. The predicted molar refractivity (Wildman–Crippen MR) is 57.1 cm³/mol. The van der Waals surface area contributed by atoms with Crippen molar-refractivity contribution in [2.24, 2.45) is 5.73 Å². The molecule has 3 N–H and O–H groups in total. The van der Waals surface area contributed by atoms with Crippen molar-refractivity contribution in [3.8, 4) is 0 Å². The van der Waals surface area contributed by atoms with Crippen molar-refractivity contribution in [1.29, 1.82) is 0 Å². The van der Waals surface area contributed by atoms with Gasteiger partial charge in [-0.25, -0.2) is 0 Å². The van der Waals surface area contributed by atoms with Crippen LogP contribution in [0, 0.1) is 0 Å². The molecule has 1 fully saturated rings. The highest BCUT2D eigenvalue weighted by Gasteiger charge is 2.23. The zero-order valence-corrected chi connectivity index (χ0v) is 8.95. The van der Waals surface area contributed by atoms with Gasteiger partial charge in [0.15, 0.2) is 0 Å². The molecule has 1 saturated carbocycles. The Morgan fingerprint density at radius 3 is 2.57 bits per heavy atom. The third-order valence-electron chi connectivity index (χ3n) is 2.89. The molecule has 3 nitrogen and oxygen atoms in total. The van der Waals surface area contributed by atoms with Gasteiger partial charge in [-0.05, 0) is 32.1 Å². The molecule has 3 heteroatoms. The average Bonchev–Trinajstić information content (AvgIpc) is 2.58. The van der Waals surface area contributed by atoms with E-state index in [2.05, 4.69) is 0 Å². The molecule has 84 valence electrons. The van der Waals surface area contributed by atoms with E-state index in [1.165, 1.54) is 6.42 Å². The third-order valence-corrected chi connectivity index (χ3v) is 2.89. The van der Waals surface area contributed by atoms with Gasteiger partial charge in [0.2, 0.25) is 0 Å². The van der Waals surface area contributed by atoms with Crippen LogP contribution in [0.25, 0.3) is 0 Å². The van der Waals surface area contributed by atoms with Gasteiger partial charge in [-0.15, -0.1) is 0 Å². The number of aliphatic hydroxyl groups is 1. The molecule has 1 aliphatic carbocycles. The molecule has 0 saturated heterocycles. The van der Waals surface area contributed by atoms with E-state index in [1.54, 1.807) is 0 Å². The second-order valence-corrected chi connectivity index (χ2v) is 4.14. The highest BCUT2D eigenvalue weighted by atomic mass is 16.5. The lowest BCUT2D eigenvalue weighted by molar-refractivity contribution is 0.0454. The topological polar surface area (TPSA) is 55.5 Å². The van der Waals surface area contributed by atoms with Gasteiger partial charge in [-0.1, -0.05) is 12.8 Å². The number of unbranched alkanes of at least 4 members (excludes halogenated alkanes) is 3. The Morgan fingerprint density at radius 1 is 1.14 bits per heavy atom. The number of hydrogen-bond acceptors (Lipinski definition) is 3. The van der Waals surface area contributed by atoms with Crippen molar-refractivity contribution >= 4 is 0 Å². The lowest BCUT2D eigenvalue weighted by Crippen LogP contribution is -2.31. The van der Waals surface area contributed by atoms with Gasteiger partial charge in [0.25, 0.3) is 0 Å². The molecule has 2 unspecified atom stereocenters. The maximum Gasteiger partial charge on any atom is 0.0725 e. The molecule has 0 aromatic carbocycles. The fraction of sp³-hybridized carbons (Fsp3) is 1.00. The molecule has 0 heterocycles. The molecular weight excluding hydrogens is 178 g/mol. The number of ether oxygens (including phenoxy) is 1. The Labute approximate surface area is 86.6 Å². The lowest BCUT2D eigenvalue weighted by Gasteiger charge is -2.15. The summed E-state index contributed by atoms with van der Waals surface area (Å²) in [6.45, 7) is 1.15. The minimum Gasteiger partial charge on any atom is -0.396 e. The van der Waals surface area contributed by atoms with E-state index in [4.69, 9.17) is 15.6 Å². The van der Waals surface area contributed by atoms with Gasteiger partial charge >= 0.3 is 0 Å². The Hall–Kier alpha value is -0.120. The summed E-state index contributed by atoms with van der Waals surface area (Å²) in [7, 11) is 0. The van der Waals surface area contributed by atoms with Crippen LogP contribution in [0.4, 0.5) is 0 Å². The Morgan fingerprint density at radius 2 is 1.93 bits per heavy atom. The van der Waals surface area contributed by atoms with Gasteiger partial charge in [-0.2, -0.15) is 0 Å². The van der Waals surface area contributed by atoms with E-state index in [0.717, 1.165) is 45.1 Å². The van der Waals surface area contributed by atoms with E-state index < -0.39 is 0 Å². The second kappa shape index (κ2) is 7.21. The summed E-state index contributed by atoms with van der Waals surface area (Å²) in [6.07, 6.45) is 8.07. The van der Waals surface area contributed by atoms with Gasteiger partial charge in [-0.3, -0.25) is 0 Å². The Kier molecular flexibility index (Phi) is 6.15. The normalized spacial score (nSPS) is 27.0. The Bertz CT molecular complexity index is 141. The van der Waals surface area contributed by atoms with Crippen LogP contribution >= 0.6 is 0 Å². The summed E-state index contributed by atoms with van der Waals surface area (Å²) in [4.78, 5) is 0. The van der Waals surface area contributed by atoms with E-state index in [1.807, 2.05) is 0 Å². The fourth-order valence-electron chi connectivity index (χ4n) is 1.96. The van der Waals surface area contributed by atoms with Gasteiger partial charge in [0.05, 0.1) is 6.10 Å². The van der Waals surface area contributed by atoms with Crippen molar-refractivity contribution in [2.45, 2.75) is 57.1 Å². The van der Waals surface area contributed by atoms with Crippen molar-refractivity contribution in [1.82, 2.24) is 0 Å². The van der Waals surface area contributed by atoms with E-state index in [-0.39, 0.29) is 6.04 Å². The van der Waals surface area contributed by atoms with Gasteiger partial charge < -0.3 is 15.6 Å². The zero-order valence-electron chi connectivity index (χ0n) is 8.95. The molecule has 0 radical (unpaired) electrons. The van der Waals surface area contributed by atoms with Crippen LogP contribution < -0.4 is 5.73 Å². The first-order valence-electron chi connectivity index (χ1n) is 5.82. The maximum atomic E-state index is 8.58. The Balaban J connectivity index is 1.88. The summed E-state index contributed by atoms with van der Waals surface area (Å²) < 4.78 is 5.71. The monoisotopic (exact) mass is 201 g/mol. The first kappa shape index (κ1) is 12.0. The van der Waals surface area contributed by atoms with E-state index >= 15 is 0 Å². The number of hydrogen-bond donors (Lipinski definition) is 2. The largest absolute Gasteiger partial charge is 0.396 e. The van der Waals surface area contributed by atoms with E-state index in [9.17, 15) is 0 Å². The molecular formula is C11H23NO2. The summed E-state index contributed by atoms with van der Waals surface area (Å²) >= 11 is 0. The van der Waals surface area contributed by atoms with E-state index in [0.29, 0.717) is 12.7 Å². The third kappa shape index (κ3) is 4.40. The van der Waals surface area contributed by atoms with Crippen LogP contribution in [0.3, 0.4) is 0 Å². The summed E-state index contributed by atoms with van der Waals surface area (Å²) in [5, 5.41) is 8.58. The van der Waals surface area contributed by atoms with Crippen LogP contribution in [0.2, 0.25) is 0 Å². The first-order chi connectivity index (χ1) is 6.84. The molecule has 0 amide bonds. The molecule has 0 aromatic heterocycles. The first-order valence-corrected chi connectivity index (χ1v) is 5.82. The average molecular weight is 201 g/mol. The van der Waals surface area contributed by atoms with Crippen molar-refractivity contribution < 1.29 is 9.84 Å². The highest BCUT2D eigenvalue weighted by molar-refractivity contribution is 4.80. The number of nitrogens with two attached hydrogens (primary N) is 1. The number of rotatable bonds is 7. The maximum absolute atomic E-state index is 8.58. The van der Waals surface area contributed by atoms with Crippen molar-refractivity contribution in [2.75, 3.05) is 13.2 Å². The highest BCUT2D eigenvalue weighted by Crippen LogP contribution is 2.20.